The highest BCUT2D eigenvalue weighted by atomic mass is 32.1. The highest BCUT2D eigenvalue weighted by Crippen LogP contribution is 2.10. The van der Waals surface area contributed by atoms with Crippen molar-refractivity contribution in [1.82, 2.24) is 0 Å². The molecule has 160 valence electrons. The van der Waals surface area contributed by atoms with Gasteiger partial charge in [-0.1, -0.05) is 78.1 Å². The monoisotopic (exact) mass is 422 g/mol. The van der Waals surface area contributed by atoms with Gasteiger partial charge in [0, 0.05) is 0 Å². The Labute approximate surface area is 175 Å². The Morgan fingerprint density at radius 2 is 1.11 bits per heavy atom. The van der Waals surface area contributed by atoms with E-state index in [9.17, 15) is 4.79 Å². The maximum Gasteiger partial charge on any atom is 0.515 e. The maximum atomic E-state index is 10.5. The van der Waals surface area contributed by atoms with Crippen LogP contribution in [0.25, 0.3) is 0 Å². The maximum absolute atomic E-state index is 10.5. The Morgan fingerprint density at radius 3 is 1.56 bits per heavy atom. The molecule has 0 aromatic carbocycles. The fourth-order valence-corrected chi connectivity index (χ4v) is 2.33. The lowest BCUT2D eigenvalue weighted by Crippen LogP contribution is -2.19. The Kier molecular flexibility index (Phi) is 23.8. The molecule has 0 radical (unpaired) electrons. The van der Waals surface area contributed by atoms with Gasteiger partial charge in [0.2, 0.25) is 0 Å². The Bertz CT molecular complexity index is 383. The summed E-state index contributed by atoms with van der Waals surface area (Å²) in [5, 5.41) is -0.137. The first-order valence-electron chi connectivity index (χ1n) is 10.00. The summed E-state index contributed by atoms with van der Waals surface area (Å²) >= 11 is 8.93. The molecule has 0 aromatic heterocycles. The molecule has 0 saturated heterocycles. The molecule has 0 aliphatic heterocycles. The number of hydrogen-bond donors (Lipinski definition) is 2. The van der Waals surface area contributed by atoms with Crippen molar-refractivity contribution in [1.29, 1.82) is 0 Å². The van der Waals surface area contributed by atoms with Gasteiger partial charge >= 0.3 is 6.16 Å². The van der Waals surface area contributed by atoms with Crippen molar-refractivity contribution in [3.05, 3.63) is 0 Å². The van der Waals surface area contributed by atoms with E-state index in [4.69, 9.17) is 16.2 Å². The van der Waals surface area contributed by atoms with Crippen LogP contribution in [0.5, 0.6) is 0 Å². The van der Waals surface area contributed by atoms with Crippen molar-refractivity contribution in [2.45, 2.75) is 90.9 Å². The van der Waals surface area contributed by atoms with E-state index in [0.29, 0.717) is 13.2 Å². The molecule has 0 amide bonds. The second-order valence-electron chi connectivity index (χ2n) is 6.22. The van der Waals surface area contributed by atoms with E-state index in [1.807, 2.05) is 6.92 Å². The van der Waals surface area contributed by atoms with E-state index in [2.05, 4.69) is 40.8 Å². The molecule has 0 atom stereocenters. The number of ether oxygens (including phenoxy) is 3. The first-order chi connectivity index (χ1) is 12.9. The summed E-state index contributed by atoms with van der Waals surface area (Å²) in [6, 6.07) is 0. The van der Waals surface area contributed by atoms with Gasteiger partial charge in [-0.05, 0) is 37.3 Å². The quantitative estimate of drug-likeness (QED) is 0.220. The summed E-state index contributed by atoms with van der Waals surface area (Å²) in [5.74, 6) is 0. The summed E-state index contributed by atoms with van der Waals surface area (Å²) in [6.45, 7) is 5.28. The van der Waals surface area contributed by atoms with Crippen LogP contribution in [-0.4, -0.2) is 29.7 Å². The van der Waals surface area contributed by atoms with Gasteiger partial charge in [0.15, 0.2) is 0 Å². The van der Waals surface area contributed by atoms with Crippen LogP contribution in [0, 0.1) is 0 Å². The second kappa shape index (κ2) is 22.9. The third-order valence-electron chi connectivity index (χ3n) is 3.64. The number of hydrogen-bond acceptors (Lipinski definition) is 6. The molecule has 4 N–H and O–H groups in total. The van der Waals surface area contributed by atoms with E-state index in [-0.39, 0.29) is 10.3 Å². The van der Waals surface area contributed by atoms with Crippen LogP contribution in [0.15, 0.2) is 0 Å². The third-order valence-corrected chi connectivity index (χ3v) is 3.85. The van der Waals surface area contributed by atoms with Gasteiger partial charge in [0.1, 0.15) is 0 Å². The first kappa shape index (κ1) is 28.1. The Hall–Kier alpha value is -1.15. The highest BCUT2D eigenvalue weighted by molar-refractivity contribution is 7.80. The van der Waals surface area contributed by atoms with Crippen molar-refractivity contribution in [2.75, 3.05) is 13.2 Å². The average Bonchev–Trinajstić information content (AvgIpc) is 2.59. The normalized spacial score (nSPS) is 9.70. The summed E-state index contributed by atoms with van der Waals surface area (Å²) < 4.78 is 13.8. The van der Waals surface area contributed by atoms with Gasteiger partial charge in [-0.15, -0.1) is 0 Å². The van der Waals surface area contributed by atoms with E-state index in [1.54, 1.807) is 0 Å². The molecular weight excluding hydrogens is 384 g/mol. The lowest BCUT2D eigenvalue weighted by Gasteiger charge is -2.03. The van der Waals surface area contributed by atoms with Gasteiger partial charge in [-0.25, -0.2) is 4.79 Å². The Balaban J connectivity index is 0. The van der Waals surface area contributed by atoms with Crippen LogP contribution in [0.4, 0.5) is 4.79 Å². The first-order valence-corrected chi connectivity index (χ1v) is 10.8. The predicted molar refractivity (Wildman–Crippen MR) is 119 cm³/mol. The van der Waals surface area contributed by atoms with Crippen LogP contribution in [0.1, 0.15) is 90.9 Å². The number of unbranched alkanes of at least 4 members (excludes halogenated alkanes) is 10. The fraction of sp³-hybridized carbons (Fsp3) is 0.842. The van der Waals surface area contributed by atoms with Crippen LogP contribution < -0.4 is 11.5 Å². The fourth-order valence-electron chi connectivity index (χ4n) is 2.17. The molecule has 8 heteroatoms. The van der Waals surface area contributed by atoms with Crippen LogP contribution in [-0.2, 0) is 14.2 Å². The number of thiocarbonyl (C=S) groups is 2. The van der Waals surface area contributed by atoms with E-state index >= 15 is 0 Å². The SMILES string of the molecule is CCCCCCCCCCCCOC(N)=S.CCCCOC(=O)OC(N)=S. The lowest BCUT2D eigenvalue weighted by molar-refractivity contribution is 0.0949. The van der Waals surface area contributed by atoms with Gasteiger partial charge in [-0.2, -0.15) is 0 Å². The molecule has 0 bridgehead atoms. The predicted octanol–water partition coefficient (Wildman–Crippen LogP) is 5.35. The van der Waals surface area contributed by atoms with Crippen molar-refractivity contribution in [2.24, 2.45) is 11.5 Å². The van der Waals surface area contributed by atoms with Gasteiger partial charge < -0.3 is 25.7 Å². The molecule has 0 rings (SSSR count). The molecule has 0 aliphatic carbocycles. The number of nitrogens with two attached hydrogens (primary N) is 2. The number of carbonyl (C=O) groups excluding carboxylic acids is 1. The average molecular weight is 423 g/mol. The van der Waals surface area contributed by atoms with Crippen molar-refractivity contribution < 1.29 is 19.0 Å². The molecule has 0 heterocycles. The molecule has 27 heavy (non-hydrogen) atoms. The second-order valence-corrected chi connectivity index (χ2v) is 7.03. The summed E-state index contributed by atoms with van der Waals surface area (Å²) in [5.41, 5.74) is 10.1. The molecule has 0 spiro atoms. The molecular formula is C19H38N2O4S2. The van der Waals surface area contributed by atoms with Crippen molar-refractivity contribution in [3.8, 4) is 0 Å². The largest absolute Gasteiger partial charge is 0.515 e. The molecule has 0 saturated carbocycles. The zero-order valence-corrected chi connectivity index (χ0v) is 18.6. The third kappa shape index (κ3) is 29.8. The molecule has 6 nitrogen and oxygen atoms in total. The molecule has 0 fully saturated rings. The standard InChI is InChI=1S/C13H27NOS.C6H11NO3S/c1-2-3-4-5-6-7-8-9-10-11-12-15-13(14)16;1-2-3-4-9-6(8)10-5(7)11/h2-12H2,1H3,(H2,14,16);2-4H2,1H3,(H2,7,11). The van der Waals surface area contributed by atoms with E-state index < -0.39 is 6.16 Å². The smallest absolute Gasteiger partial charge is 0.471 e. The lowest BCUT2D eigenvalue weighted by atomic mass is 10.1. The summed E-state index contributed by atoms with van der Waals surface area (Å²) in [7, 11) is 0. The number of carbonyl (C=O) groups is 1. The molecule has 0 aliphatic rings. The van der Waals surface area contributed by atoms with Gasteiger partial charge in [-0.3, -0.25) is 0 Å². The zero-order valence-electron chi connectivity index (χ0n) is 17.0. The van der Waals surface area contributed by atoms with Gasteiger partial charge in [0.05, 0.1) is 13.2 Å². The zero-order chi connectivity index (χ0) is 20.8. The highest BCUT2D eigenvalue weighted by Gasteiger charge is 2.03. The minimum Gasteiger partial charge on any atom is -0.471 e. The molecule has 0 unspecified atom stereocenters. The minimum atomic E-state index is -0.828. The topological polar surface area (TPSA) is 96.8 Å². The van der Waals surface area contributed by atoms with Crippen LogP contribution in [0.2, 0.25) is 0 Å². The van der Waals surface area contributed by atoms with Gasteiger partial charge in [0.25, 0.3) is 10.3 Å². The summed E-state index contributed by atoms with van der Waals surface area (Å²) in [6.07, 6.45) is 14.3. The van der Waals surface area contributed by atoms with Crippen molar-refractivity contribution in [3.63, 3.8) is 0 Å². The molecule has 0 aromatic rings. The Morgan fingerprint density at radius 1 is 0.667 bits per heavy atom. The van der Waals surface area contributed by atoms with E-state index in [1.165, 1.54) is 57.8 Å². The van der Waals surface area contributed by atoms with E-state index in [0.717, 1.165) is 19.3 Å². The number of rotatable bonds is 14. The van der Waals surface area contributed by atoms with Crippen LogP contribution in [0.3, 0.4) is 0 Å². The minimum absolute atomic E-state index is 0.177. The summed E-state index contributed by atoms with van der Waals surface area (Å²) in [4.78, 5) is 10.5. The van der Waals surface area contributed by atoms with Crippen molar-refractivity contribution >= 4 is 40.9 Å². The van der Waals surface area contributed by atoms with Crippen LogP contribution >= 0.6 is 24.4 Å².